The molecule has 0 spiro atoms. The third-order valence-corrected chi connectivity index (χ3v) is 3.12. The van der Waals surface area contributed by atoms with E-state index >= 15 is 0 Å². The van der Waals surface area contributed by atoms with E-state index in [-0.39, 0.29) is 0 Å². The Morgan fingerprint density at radius 3 is 2.81 bits per heavy atom. The molecule has 0 saturated carbocycles. The molecule has 106 valence electrons. The van der Waals surface area contributed by atoms with Crippen LogP contribution in [0.1, 0.15) is 13.3 Å². The van der Waals surface area contributed by atoms with Gasteiger partial charge in [0.2, 0.25) is 5.95 Å². The van der Waals surface area contributed by atoms with Gasteiger partial charge in [0, 0.05) is 18.4 Å². The zero-order valence-corrected chi connectivity index (χ0v) is 11.9. The molecule has 3 aromatic rings. The van der Waals surface area contributed by atoms with E-state index in [2.05, 4.69) is 31.8 Å². The van der Waals surface area contributed by atoms with Crippen molar-refractivity contribution in [2.75, 3.05) is 5.32 Å². The molecule has 0 radical (unpaired) electrons. The molecule has 5 heteroatoms. The van der Waals surface area contributed by atoms with Crippen molar-refractivity contribution >= 4 is 11.6 Å². The first kappa shape index (κ1) is 13.3. The molecule has 5 nitrogen and oxygen atoms in total. The number of aromatic nitrogens is 4. The molecule has 1 aromatic carbocycles. The zero-order valence-electron chi connectivity index (χ0n) is 11.9. The smallest absolute Gasteiger partial charge is 0.227 e. The molecular weight excluding hydrogens is 262 g/mol. The minimum absolute atomic E-state index is 0.586. The highest BCUT2D eigenvalue weighted by Gasteiger charge is 2.07. The second-order valence-electron chi connectivity index (χ2n) is 4.73. The maximum Gasteiger partial charge on any atom is 0.227 e. The number of anilines is 2. The van der Waals surface area contributed by atoms with Crippen LogP contribution in [0, 0.1) is 0 Å². The van der Waals surface area contributed by atoms with Gasteiger partial charge in [0.1, 0.15) is 0 Å². The minimum atomic E-state index is 0.586. The number of rotatable bonds is 5. The second-order valence-corrected chi connectivity index (χ2v) is 4.73. The van der Waals surface area contributed by atoms with Crippen molar-refractivity contribution in [3.05, 3.63) is 55.1 Å². The molecule has 1 N–H and O–H groups in total. The molecule has 2 aromatic heterocycles. The summed E-state index contributed by atoms with van der Waals surface area (Å²) in [5.74, 6) is 0.586. The lowest BCUT2D eigenvalue weighted by molar-refractivity contribution is 0.683. The van der Waals surface area contributed by atoms with E-state index in [1.807, 2.05) is 48.9 Å². The molecule has 0 saturated heterocycles. The number of benzene rings is 1. The number of hydrogen-bond acceptors (Lipinski definition) is 4. The van der Waals surface area contributed by atoms with E-state index in [0.717, 1.165) is 30.0 Å². The third-order valence-electron chi connectivity index (χ3n) is 3.12. The zero-order chi connectivity index (χ0) is 14.5. The molecule has 0 aliphatic rings. The number of nitrogens with zero attached hydrogens (tertiary/aromatic N) is 4. The van der Waals surface area contributed by atoms with E-state index in [0.29, 0.717) is 5.95 Å². The first-order valence-corrected chi connectivity index (χ1v) is 7.02. The van der Waals surface area contributed by atoms with Crippen LogP contribution >= 0.6 is 0 Å². The predicted octanol–water partition coefficient (Wildman–Crippen LogP) is 3.49. The summed E-state index contributed by atoms with van der Waals surface area (Å²) in [4.78, 5) is 13.1. The Kier molecular flexibility index (Phi) is 3.91. The summed E-state index contributed by atoms with van der Waals surface area (Å²) in [5.41, 5.74) is 2.85. The van der Waals surface area contributed by atoms with Crippen LogP contribution in [0.4, 0.5) is 11.6 Å². The average molecular weight is 279 g/mol. The van der Waals surface area contributed by atoms with Crippen molar-refractivity contribution < 1.29 is 0 Å². The Morgan fingerprint density at radius 1 is 1.14 bits per heavy atom. The Morgan fingerprint density at radius 2 is 2.00 bits per heavy atom. The van der Waals surface area contributed by atoms with E-state index in [4.69, 9.17) is 0 Å². The molecule has 2 heterocycles. The summed E-state index contributed by atoms with van der Waals surface area (Å²) in [6.07, 6.45) is 6.50. The van der Waals surface area contributed by atoms with Gasteiger partial charge in [0.25, 0.3) is 0 Å². The summed E-state index contributed by atoms with van der Waals surface area (Å²) in [6.45, 7) is 3.08. The van der Waals surface area contributed by atoms with Gasteiger partial charge in [-0.05, 0) is 24.6 Å². The van der Waals surface area contributed by atoms with E-state index < -0.39 is 0 Å². The maximum absolute atomic E-state index is 4.57. The summed E-state index contributed by atoms with van der Waals surface area (Å²) in [6, 6.07) is 11.8. The van der Waals surface area contributed by atoms with E-state index in [1.54, 1.807) is 6.20 Å². The molecule has 0 aliphatic carbocycles. The Bertz CT molecular complexity index is 705. The lowest BCUT2D eigenvalue weighted by Crippen LogP contribution is -2.01. The summed E-state index contributed by atoms with van der Waals surface area (Å²) < 4.78 is 2.11. The van der Waals surface area contributed by atoms with Gasteiger partial charge in [-0.25, -0.2) is 15.0 Å². The molecule has 0 amide bonds. The van der Waals surface area contributed by atoms with Gasteiger partial charge in [-0.1, -0.05) is 25.1 Å². The highest BCUT2D eigenvalue weighted by atomic mass is 15.1. The summed E-state index contributed by atoms with van der Waals surface area (Å²) in [7, 11) is 0. The maximum atomic E-state index is 4.57. The lowest BCUT2D eigenvalue weighted by atomic mass is 10.3. The van der Waals surface area contributed by atoms with Crippen LogP contribution in [-0.4, -0.2) is 19.5 Å². The normalized spacial score (nSPS) is 10.5. The Labute approximate surface area is 123 Å². The molecule has 21 heavy (non-hydrogen) atoms. The van der Waals surface area contributed by atoms with Crippen molar-refractivity contribution in [1.29, 1.82) is 0 Å². The van der Waals surface area contributed by atoms with Gasteiger partial charge in [0.15, 0.2) is 0 Å². The van der Waals surface area contributed by atoms with E-state index in [9.17, 15) is 0 Å². The van der Waals surface area contributed by atoms with Gasteiger partial charge in [-0.15, -0.1) is 0 Å². The van der Waals surface area contributed by atoms with Gasteiger partial charge in [0.05, 0.1) is 23.9 Å². The van der Waals surface area contributed by atoms with Crippen LogP contribution in [0.2, 0.25) is 0 Å². The van der Waals surface area contributed by atoms with Crippen molar-refractivity contribution in [3.63, 3.8) is 0 Å². The number of nitrogens with one attached hydrogen (secondary N) is 1. The SMILES string of the molecule is CCCn1cncc1-c1ccnc(Nc2ccccc2)n1. The lowest BCUT2D eigenvalue weighted by Gasteiger charge is -2.08. The van der Waals surface area contributed by atoms with Crippen LogP contribution < -0.4 is 5.32 Å². The predicted molar refractivity (Wildman–Crippen MR) is 83.3 cm³/mol. The van der Waals surface area contributed by atoms with Gasteiger partial charge in [-0.3, -0.25) is 0 Å². The average Bonchev–Trinajstić information content (AvgIpc) is 2.97. The molecule has 0 unspecified atom stereocenters. The van der Waals surface area contributed by atoms with Crippen LogP contribution in [0.25, 0.3) is 11.4 Å². The van der Waals surface area contributed by atoms with Crippen molar-refractivity contribution in [2.45, 2.75) is 19.9 Å². The molecule has 0 fully saturated rings. The van der Waals surface area contributed by atoms with Crippen LogP contribution in [0.15, 0.2) is 55.1 Å². The first-order chi connectivity index (χ1) is 10.4. The van der Waals surface area contributed by atoms with Crippen LogP contribution in [0.5, 0.6) is 0 Å². The first-order valence-electron chi connectivity index (χ1n) is 7.02. The number of aryl methyl sites for hydroxylation is 1. The van der Waals surface area contributed by atoms with E-state index in [1.165, 1.54) is 0 Å². The number of hydrogen-bond donors (Lipinski definition) is 1. The topological polar surface area (TPSA) is 55.6 Å². The van der Waals surface area contributed by atoms with Gasteiger partial charge in [-0.2, -0.15) is 0 Å². The fourth-order valence-corrected chi connectivity index (χ4v) is 2.17. The minimum Gasteiger partial charge on any atom is -0.329 e. The highest BCUT2D eigenvalue weighted by Crippen LogP contribution is 2.19. The quantitative estimate of drug-likeness (QED) is 0.776. The molecule has 0 aliphatic heterocycles. The standard InChI is InChI=1S/C16H17N5/c1-2-10-21-12-17-11-15(21)14-8-9-18-16(20-14)19-13-6-4-3-5-7-13/h3-9,11-12H,2,10H2,1H3,(H,18,19,20). The van der Waals surface area contributed by atoms with Gasteiger partial charge >= 0.3 is 0 Å². The van der Waals surface area contributed by atoms with Crippen molar-refractivity contribution in [2.24, 2.45) is 0 Å². The van der Waals surface area contributed by atoms with Gasteiger partial charge < -0.3 is 9.88 Å². The molecular formula is C16H17N5. The third kappa shape index (κ3) is 3.08. The Balaban J connectivity index is 1.88. The second kappa shape index (κ2) is 6.17. The molecule has 3 rings (SSSR count). The Hall–Kier alpha value is -2.69. The van der Waals surface area contributed by atoms with Crippen molar-refractivity contribution in [3.8, 4) is 11.4 Å². The number of para-hydroxylation sites is 1. The van der Waals surface area contributed by atoms with Crippen molar-refractivity contribution in [1.82, 2.24) is 19.5 Å². The number of imidazole rings is 1. The van der Waals surface area contributed by atoms with Crippen LogP contribution in [-0.2, 0) is 6.54 Å². The monoisotopic (exact) mass is 279 g/mol. The fourth-order valence-electron chi connectivity index (χ4n) is 2.17. The van der Waals surface area contributed by atoms with Crippen LogP contribution in [0.3, 0.4) is 0 Å². The highest BCUT2D eigenvalue weighted by molar-refractivity contribution is 5.58. The largest absolute Gasteiger partial charge is 0.329 e. The summed E-state index contributed by atoms with van der Waals surface area (Å²) >= 11 is 0. The summed E-state index contributed by atoms with van der Waals surface area (Å²) in [5, 5.41) is 3.21. The fraction of sp³-hybridized carbons (Fsp3) is 0.188. The molecule has 0 atom stereocenters. The molecule has 0 bridgehead atoms.